The van der Waals surface area contributed by atoms with Crippen LogP contribution in [0.3, 0.4) is 0 Å². The summed E-state index contributed by atoms with van der Waals surface area (Å²) < 4.78 is 11.0. The van der Waals surface area contributed by atoms with E-state index in [1.54, 1.807) is 36.7 Å². The van der Waals surface area contributed by atoms with Crippen LogP contribution in [0.1, 0.15) is 243 Å². The number of nitrogens with one attached hydrogen (secondary N) is 2. The molecule has 21 heteroatoms. The van der Waals surface area contributed by atoms with Gasteiger partial charge in [0, 0.05) is 56.4 Å². The van der Waals surface area contributed by atoms with Crippen LogP contribution in [0.15, 0.2) is 114 Å². The molecule has 3 aliphatic rings. The Kier molecular flexibility index (Phi) is 39.3. The monoisotopic (exact) mass is 1480 g/mol. The van der Waals surface area contributed by atoms with Crippen LogP contribution in [-0.2, 0) is 23.9 Å². The van der Waals surface area contributed by atoms with Gasteiger partial charge >= 0.3 is 47.5 Å². The minimum absolute atomic E-state index is 0. The zero-order valence-corrected chi connectivity index (χ0v) is 66.9. The summed E-state index contributed by atoms with van der Waals surface area (Å²) in [4.78, 5) is 55.4. The van der Waals surface area contributed by atoms with Crippen molar-refractivity contribution < 1.29 is 64.0 Å². The van der Waals surface area contributed by atoms with E-state index in [0.717, 1.165) is 69.4 Å². The second kappa shape index (κ2) is 46.1. The van der Waals surface area contributed by atoms with E-state index in [9.17, 15) is 19.5 Å². The minimum atomic E-state index is -0.798. The first-order chi connectivity index (χ1) is 48.5. The molecule has 3 aromatic heterocycles. The molecule has 0 amide bonds. The van der Waals surface area contributed by atoms with Gasteiger partial charge in [0.1, 0.15) is 34.4 Å². The van der Waals surface area contributed by atoms with Gasteiger partial charge in [-0.15, -0.1) is 0 Å². The molecule has 3 fully saturated rings. The Balaban J connectivity index is 0.000000307. The molecule has 6 N–H and O–H groups in total. The summed E-state index contributed by atoms with van der Waals surface area (Å²) in [5, 5.41) is 42.7. The average Bonchev–Trinajstić information content (AvgIpc) is 0.811. The molecule has 0 saturated heterocycles. The Hall–Kier alpha value is -7.77. The number of carbonyl (C=O) groups excluding carboxylic acids is 2. The molecule has 103 heavy (non-hydrogen) atoms. The number of halogens is 1. The standard InChI is InChI=1S/C28H38N4O2.C26H34N4O2.C22H36N2O2.C6H3BrN2.Na.H2O/c1-5-34-28(33)15-21(4)23-12-13-26(32(19-20(2)3)24-9-7-6-8-10-24)25(16-23)31-27-14-11-22(17-29)18-30-27;1-18(2)17-30(22-7-5-4-6-8-22)24-11-10-21(19(3)13-26(31)32)14-23(24)29-25-12-9-20(15-27)16-28-25;1-5-26-22(25)13-17(4)18-11-12-21(20(23)14-18)24(15-16(2)3)19-9-7-6-8-10-19;7-6-2-1-5(3-8)4-9-6;;/h11-14,16,18,20-21,24H,5-10,15,19H2,1-4H3,(H,30,31);9-12,14,16,18-19,22H,4-8,13,17H2,1-3H3,(H,28,29)(H,31,32);11-12,14,16-17,19H,5-10,13,15,23H2,1-4H3;1-2,4H;;1H2/q;;;;+1;/p-1/t21-;19-;17-;;;/m111.../s1. The van der Waals surface area contributed by atoms with Gasteiger partial charge < -0.3 is 51.1 Å². The fourth-order valence-electron chi connectivity index (χ4n) is 13.6. The Labute approximate surface area is 644 Å². The normalized spacial score (nSPS) is 14.6. The Morgan fingerprint density at radius 1 is 0.505 bits per heavy atom. The van der Waals surface area contributed by atoms with Gasteiger partial charge in [0.05, 0.1) is 83.3 Å². The van der Waals surface area contributed by atoms with Crippen molar-refractivity contribution in [1.29, 1.82) is 15.8 Å². The van der Waals surface area contributed by atoms with E-state index in [1.807, 2.05) is 39.0 Å². The van der Waals surface area contributed by atoms with Gasteiger partial charge in [0.2, 0.25) is 0 Å². The summed E-state index contributed by atoms with van der Waals surface area (Å²) in [5.74, 6) is 1.95. The number of aliphatic carboxylic acids is 1. The molecule has 0 radical (unpaired) electrons. The molecule has 0 aliphatic heterocycles. The first-order valence-corrected chi connectivity index (χ1v) is 37.6. The van der Waals surface area contributed by atoms with Gasteiger partial charge in [-0.1, -0.05) is 138 Å². The minimum Gasteiger partial charge on any atom is -0.870 e. The maximum atomic E-state index is 12.1. The SMILES string of the molecule is CC(C)CN(c1ccc([C@H](C)CC(=O)O)cc1Nc1ccc(C#N)cn1)C1CCCCC1.CCOC(=O)C[C@@H](C)c1ccc(N(CC(C)C)C2CCCCC2)c(N)c1.CCOC(=O)C[C@@H](C)c1ccc(N(CC(C)C)C2CCCCC2)c(Nc2ccc(C#N)cn2)c1.N#Cc1ccc(Br)nc1.[Na+].[OH-]. The van der Waals surface area contributed by atoms with Gasteiger partial charge in [0.15, 0.2) is 0 Å². The summed E-state index contributed by atoms with van der Waals surface area (Å²) in [5.41, 5.74) is 17.5. The summed E-state index contributed by atoms with van der Waals surface area (Å²) in [7, 11) is 0. The number of esters is 2. The van der Waals surface area contributed by atoms with E-state index in [0.29, 0.717) is 90.3 Å². The number of hydrogen-bond donors (Lipinski definition) is 4. The maximum Gasteiger partial charge on any atom is 1.00 e. The van der Waals surface area contributed by atoms with Crippen molar-refractivity contribution in [3.63, 3.8) is 0 Å². The number of carbonyl (C=O) groups is 3. The third kappa shape index (κ3) is 29.4. The van der Waals surface area contributed by atoms with Crippen LogP contribution in [0.2, 0.25) is 0 Å². The Bertz CT molecular complexity index is 3650. The molecule has 0 bridgehead atoms. The van der Waals surface area contributed by atoms with Gasteiger partial charge in [-0.2, -0.15) is 15.8 Å². The molecule has 550 valence electrons. The quantitative estimate of drug-likeness (QED) is 0.0161. The van der Waals surface area contributed by atoms with Gasteiger partial charge in [0.25, 0.3) is 0 Å². The summed E-state index contributed by atoms with van der Waals surface area (Å²) >= 11 is 3.15. The van der Waals surface area contributed by atoms with Crippen molar-refractivity contribution in [3.8, 4) is 18.2 Å². The van der Waals surface area contributed by atoms with Crippen LogP contribution in [0.4, 0.5) is 45.8 Å². The van der Waals surface area contributed by atoms with E-state index in [-0.39, 0.29) is 71.1 Å². The van der Waals surface area contributed by atoms with Crippen LogP contribution in [-0.4, -0.2) is 94.4 Å². The molecule has 19 nitrogen and oxygen atoms in total. The third-order valence-electron chi connectivity index (χ3n) is 18.7. The number of hydrogen-bond acceptors (Lipinski definition) is 18. The van der Waals surface area contributed by atoms with Gasteiger partial charge in [-0.05, 0) is 193 Å². The number of rotatable bonds is 27. The second-order valence-electron chi connectivity index (χ2n) is 28.5. The molecular weight excluding hydrogens is 1370 g/mol. The second-order valence-corrected chi connectivity index (χ2v) is 29.3. The number of nitrogens with zero attached hydrogens (tertiary/aromatic N) is 9. The molecule has 3 aliphatic carbocycles. The Morgan fingerprint density at radius 3 is 1.14 bits per heavy atom. The third-order valence-corrected chi connectivity index (χ3v) is 19.1. The van der Waals surface area contributed by atoms with E-state index >= 15 is 0 Å². The largest absolute Gasteiger partial charge is 1.00 e. The number of pyridine rings is 3. The van der Waals surface area contributed by atoms with Crippen molar-refractivity contribution in [2.75, 3.05) is 63.9 Å². The zero-order valence-electron chi connectivity index (χ0n) is 63.3. The van der Waals surface area contributed by atoms with Crippen LogP contribution < -0.4 is 60.6 Å². The topological polar surface area (TPSA) is 290 Å². The molecule has 3 atom stereocenters. The number of nitrogen functional groups attached to an aromatic ring is 1. The number of aromatic nitrogens is 3. The number of ether oxygens (including phenoxy) is 2. The predicted molar refractivity (Wildman–Crippen MR) is 414 cm³/mol. The molecular formula is C82H112BrN12NaO7. The van der Waals surface area contributed by atoms with Crippen LogP contribution >= 0.6 is 15.9 Å². The smallest absolute Gasteiger partial charge is 0.870 e. The molecule has 0 unspecified atom stereocenters. The fourth-order valence-corrected chi connectivity index (χ4v) is 13.8. The molecule has 3 saturated carbocycles. The van der Waals surface area contributed by atoms with E-state index in [1.165, 1.54) is 108 Å². The predicted octanol–water partition coefficient (Wildman–Crippen LogP) is 16.3. The number of anilines is 8. The van der Waals surface area contributed by atoms with Crippen LogP contribution in [0.5, 0.6) is 0 Å². The molecule has 6 aromatic rings. The first-order valence-electron chi connectivity index (χ1n) is 36.8. The molecule has 3 aromatic carbocycles. The number of carboxylic acid groups (broad SMARTS) is 1. The molecule has 3 heterocycles. The average molecular weight is 1480 g/mol. The van der Waals surface area contributed by atoms with Crippen molar-refractivity contribution in [3.05, 3.63) is 148 Å². The number of nitriles is 3. The maximum absolute atomic E-state index is 12.1. The fraction of sp³-hybridized carbons (Fsp3) is 0.524. The van der Waals surface area contributed by atoms with E-state index in [2.05, 4.69) is 178 Å². The number of nitrogens with two attached hydrogens (primary N) is 1. The molecule has 9 rings (SSSR count). The van der Waals surface area contributed by atoms with Crippen molar-refractivity contribution in [2.24, 2.45) is 17.8 Å². The number of carboxylic acids is 1. The van der Waals surface area contributed by atoms with Crippen LogP contribution in [0.25, 0.3) is 0 Å². The van der Waals surface area contributed by atoms with Crippen LogP contribution in [0, 0.1) is 51.7 Å². The summed E-state index contributed by atoms with van der Waals surface area (Å²) in [6.45, 7) is 27.1. The first kappa shape index (κ1) is 87.6. The van der Waals surface area contributed by atoms with Gasteiger partial charge in [-0.25, -0.2) is 15.0 Å². The number of benzene rings is 3. The van der Waals surface area contributed by atoms with Crippen molar-refractivity contribution >= 4 is 79.6 Å². The van der Waals surface area contributed by atoms with Crippen molar-refractivity contribution in [2.45, 2.75) is 228 Å². The van der Waals surface area contributed by atoms with Gasteiger partial charge in [-0.3, -0.25) is 14.4 Å². The summed E-state index contributed by atoms with van der Waals surface area (Å²) in [6.07, 6.45) is 24.5. The Morgan fingerprint density at radius 2 is 0.835 bits per heavy atom. The van der Waals surface area contributed by atoms with E-state index in [4.69, 9.17) is 31.0 Å². The zero-order chi connectivity index (χ0) is 73.4. The van der Waals surface area contributed by atoms with E-state index < -0.39 is 5.97 Å². The van der Waals surface area contributed by atoms with Crippen molar-refractivity contribution in [1.82, 2.24) is 15.0 Å². The summed E-state index contributed by atoms with van der Waals surface area (Å²) in [6, 6.07) is 37.5. The molecule has 0 spiro atoms.